The second-order valence-electron chi connectivity index (χ2n) is 3.66. The fourth-order valence-corrected chi connectivity index (χ4v) is 1.88. The van der Waals surface area contributed by atoms with Crippen LogP contribution in [0, 0.1) is 0 Å². The molecule has 0 fully saturated rings. The number of nitrogens with two attached hydrogens (primary N) is 1. The number of benzene rings is 1. The summed E-state index contributed by atoms with van der Waals surface area (Å²) in [6.45, 7) is 1.90. The van der Waals surface area contributed by atoms with E-state index in [0.717, 1.165) is 17.1 Å². The summed E-state index contributed by atoms with van der Waals surface area (Å²) in [5.41, 5.74) is 7.67. The van der Waals surface area contributed by atoms with Crippen LogP contribution in [0.1, 0.15) is 29.0 Å². The number of aromatic nitrogens is 2. The second-order valence-corrected chi connectivity index (χ2v) is 4.27. The number of hydrogen-bond acceptors (Lipinski definition) is 5. The Morgan fingerprint density at radius 2 is 2.35 bits per heavy atom. The highest BCUT2D eigenvalue weighted by molar-refractivity contribution is 7.03. The van der Waals surface area contributed by atoms with Crippen LogP contribution in [0.5, 0.6) is 0 Å². The molecular weight excluding hydrogens is 236 g/mol. The number of carbonyl (C=O) groups is 1. The Kier molecular flexibility index (Phi) is 3.34. The number of hydrogen-bond donors (Lipinski definition) is 2. The zero-order valence-electron chi connectivity index (χ0n) is 9.25. The summed E-state index contributed by atoms with van der Waals surface area (Å²) in [5.74, 6) is -0.228. The lowest BCUT2D eigenvalue weighted by Crippen LogP contribution is -2.26. The molecule has 3 N–H and O–H groups in total. The van der Waals surface area contributed by atoms with Gasteiger partial charge in [0.05, 0.1) is 6.04 Å². The van der Waals surface area contributed by atoms with Gasteiger partial charge < -0.3 is 11.1 Å². The summed E-state index contributed by atoms with van der Waals surface area (Å²) >= 11 is 1.15. The molecular formula is C11H12N4OS. The number of carbonyl (C=O) groups excluding carboxylic acids is 1. The molecule has 0 bridgehead atoms. The Morgan fingerprint density at radius 1 is 1.53 bits per heavy atom. The molecule has 0 saturated carbocycles. The van der Waals surface area contributed by atoms with Crippen LogP contribution in [0.15, 0.2) is 29.6 Å². The molecule has 0 aliphatic heterocycles. The van der Waals surface area contributed by atoms with Crippen molar-refractivity contribution in [2.24, 2.45) is 0 Å². The molecule has 17 heavy (non-hydrogen) atoms. The van der Waals surface area contributed by atoms with Gasteiger partial charge >= 0.3 is 0 Å². The van der Waals surface area contributed by atoms with Gasteiger partial charge in [-0.1, -0.05) is 16.6 Å². The first kappa shape index (κ1) is 11.5. The monoisotopic (exact) mass is 248 g/mol. The third-order valence-electron chi connectivity index (χ3n) is 2.35. The minimum atomic E-state index is -0.228. The summed E-state index contributed by atoms with van der Waals surface area (Å²) in [5, 5.41) is 8.16. The molecule has 6 heteroatoms. The Balaban J connectivity index is 2.07. The van der Waals surface area contributed by atoms with Gasteiger partial charge in [-0.25, -0.2) is 0 Å². The largest absolute Gasteiger partial charge is 0.399 e. The molecule has 1 aromatic heterocycles. The first-order valence-corrected chi connectivity index (χ1v) is 5.94. The van der Waals surface area contributed by atoms with Crippen molar-refractivity contribution in [2.45, 2.75) is 13.0 Å². The molecule has 1 unspecified atom stereocenters. The third-order valence-corrected chi connectivity index (χ3v) is 2.86. The fraction of sp³-hybridized carbons (Fsp3) is 0.182. The average molecular weight is 248 g/mol. The van der Waals surface area contributed by atoms with E-state index in [1.165, 1.54) is 0 Å². The van der Waals surface area contributed by atoms with E-state index in [0.29, 0.717) is 11.4 Å². The van der Waals surface area contributed by atoms with E-state index in [9.17, 15) is 4.79 Å². The molecule has 0 aliphatic rings. The number of nitrogens with one attached hydrogen (secondary N) is 1. The maximum atomic E-state index is 11.7. The SMILES string of the molecule is CC(NC(=O)c1csnn1)c1cccc(N)c1. The van der Waals surface area contributed by atoms with Gasteiger partial charge in [0.15, 0.2) is 5.69 Å². The molecule has 1 aromatic carbocycles. The Morgan fingerprint density at radius 3 is 3.00 bits per heavy atom. The molecule has 2 rings (SSSR count). The van der Waals surface area contributed by atoms with Crippen LogP contribution >= 0.6 is 11.5 Å². The second kappa shape index (κ2) is 4.92. The number of nitrogens with zero attached hydrogens (tertiary/aromatic N) is 2. The van der Waals surface area contributed by atoms with E-state index in [4.69, 9.17) is 5.73 Å². The molecule has 0 aliphatic carbocycles. The fourth-order valence-electron chi connectivity index (χ4n) is 1.45. The molecule has 0 spiro atoms. The Hall–Kier alpha value is -1.95. The van der Waals surface area contributed by atoms with E-state index in [-0.39, 0.29) is 11.9 Å². The average Bonchev–Trinajstić information content (AvgIpc) is 2.82. The van der Waals surface area contributed by atoms with Crippen molar-refractivity contribution in [3.8, 4) is 0 Å². The van der Waals surface area contributed by atoms with Gasteiger partial charge in [0, 0.05) is 11.1 Å². The van der Waals surface area contributed by atoms with Gasteiger partial charge in [0.1, 0.15) is 0 Å². The third kappa shape index (κ3) is 2.79. The van der Waals surface area contributed by atoms with E-state index in [1.807, 2.05) is 31.2 Å². The molecule has 1 amide bonds. The van der Waals surface area contributed by atoms with Crippen LogP contribution < -0.4 is 11.1 Å². The summed E-state index contributed by atoms with van der Waals surface area (Å²) in [4.78, 5) is 11.7. The van der Waals surface area contributed by atoms with Gasteiger partial charge in [0.25, 0.3) is 5.91 Å². The van der Waals surface area contributed by atoms with Crippen LogP contribution in [0.4, 0.5) is 5.69 Å². The van der Waals surface area contributed by atoms with E-state index in [1.54, 1.807) is 5.38 Å². The lowest BCUT2D eigenvalue weighted by atomic mass is 10.1. The van der Waals surface area contributed by atoms with Crippen molar-refractivity contribution < 1.29 is 4.79 Å². The summed E-state index contributed by atoms with van der Waals surface area (Å²) in [6.07, 6.45) is 0. The van der Waals surface area contributed by atoms with Crippen molar-refractivity contribution in [3.63, 3.8) is 0 Å². The number of rotatable bonds is 3. The summed E-state index contributed by atoms with van der Waals surface area (Å²) in [6, 6.07) is 7.30. The lowest BCUT2D eigenvalue weighted by molar-refractivity contribution is 0.0935. The van der Waals surface area contributed by atoms with Crippen LogP contribution in [0.3, 0.4) is 0 Å². The highest BCUT2D eigenvalue weighted by Gasteiger charge is 2.13. The molecule has 1 atom stereocenters. The molecule has 5 nitrogen and oxygen atoms in total. The number of nitrogen functional groups attached to an aromatic ring is 1. The minimum absolute atomic E-state index is 0.118. The molecule has 2 aromatic rings. The van der Waals surface area contributed by atoms with E-state index < -0.39 is 0 Å². The van der Waals surface area contributed by atoms with Gasteiger partial charge in [-0.15, -0.1) is 5.10 Å². The molecule has 0 saturated heterocycles. The van der Waals surface area contributed by atoms with E-state index >= 15 is 0 Å². The van der Waals surface area contributed by atoms with Crippen molar-refractivity contribution in [1.29, 1.82) is 0 Å². The van der Waals surface area contributed by atoms with Crippen molar-refractivity contribution >= 4 is 23.1 Å². The number of anilines is 1. The predicted molar refractivity (Wildman–Crippen MR) is 66.6 cm³/mol. The first-order chi connectivity index (χ1) is 8.16. The van der Waals surface area contributed by atoms with Crippen LogP contribution in [-0.4, -0.2) is 15.5 Å². The van der Waals surface area contributed by atoms with Crippen LogP contribution in [0.25, 0.3) is 0 Å². The summed E-state index contributed by atoms with van der Waals surface area (Å²) < 4.78 is 3.65. The smallest absolute Gasteiger partial charge is 0.273 e. The molecule has 0 radical (unpaired) electrons. The predicted octanol–water partition coefficient (Wildman–Crippen LogP) is 1.61. The topological polar surface area (TPSA) is 80.9 Å². The zero-order valence-corrected chi connectivity index (χ0v) is 10.1. The van der Waals surface area contributed by atoms with Gasteiger partial charge in [0.2, 0.25) is 0 Å². The molecule has 88 valence electrons. The lowest BCUT2D eigenvalue weighted by Gasteiger charge is -2.13. The maximum absolute atomic E-state index is 11.7. The highest BCUT2D eigenvalue weighted by atomic mass is 32.1. The van der Waals surface area contributed by atoms with Crippen molar-refractivity contribution in [3.05, 3.63) is 40.9 Å². The Bertz CT molecular complexity index is 512. The van der Waals surface area contributed by atoms with Crippen molar-refractivity contribution in [1.82, 2.24) is 14.9 Å². The van der Waals surface area contributed by atoms with Crippen molar-refractivity contribution in [2.75, 3.05) is 5.73 Å². The first-order valence-electron chi connectivity index (χ1n) is 5.10. The van der Waals surface area contributed by atoms with Gasteiger partial charge in [-0.05, 0) is 36.2 Å². The highest BCUT2D eigenvalue weighted by Crippen LogP contribution is 2.15. The summed E-state index contributed by atoms with van der Waals surface area (Å²) in [7, 11) is 0. The number of amides is 1. The minimum Gasteiger partial charge on any atom is -0.399 e. The molecule has 1 heterocycles. The normalized spacial score (nSPS) is 12.1. The quantitative estimate of drug-likeness (QED) is 0.809. The van der Waals surface area contributed by atoms with Crippen LogP contribution in [0.2, 0.25) is 0 Å². The van der Waals surface area contributed by atoms with E-state index in [2.05, 4.69) is 14.9 Å². The maximum Gasteiger partial charge on any atom is 0.273 e. The van der Waals surface area contributed by atoms with Gasteiger partial charge in [-0.2, -0.15) is 0 Å². The standard InChI is InChI=1S/C11H12N4OS/c1-7(8-3-2-4-9(12)5-8)13-11(16)10-6-17-15-14-10/h2-7H,12H2,1H3,(H,13,16). The zero-order chi connectivity index (χ0) is 12.3. The van der Waals surface area contributed by atoms with Gasteiger partial charge in [-0.3, -0.25) is 4.79 Å². The Labute approximate surface area is 103 Å². The van der Waals surface area contributed by atoms with Crippen LogP contribution in [-0.2, 0) is 0 Å².